The topological polar surface area (TPSA) is 50.2 Å². The van der Waals surface area contributed by atoms with E-state index in [-0.39, 0.29) is 11.9 Å². The number of hydrogen-bond donors (Lipinski definition) is 1. The Morgan fingerprint density at radius 3 is 2.85 bits per heavy atom. The van der Waals surface area contributed by atoms with E-state index in [4.69, 9.17) is 11.6 Å². The van der Waals surface area contributed by atoms with Gasteiger partial charge in [0.15, 0.2) is 0 Å². The number of carbonyl (C=O) groups is 1. The zero-order valence-corrected chi connectivity index (χ0v) is 13.2. The highest BCUT2D eigenvalue weighted by Crippen LogP contribution is 2.23. The average Bonchev–Trinajstić information content (AvgIpc) is 2.67. The van der Waals surface area contributed by atoms with Crippen LogP contribution in [0.3, 0.4) is 0 Å². The number of hydrogen-bond acceptors (Lipinski definition) is 3. The molecule has 1 atom stereocenters. The van der Waals surface area contributed by atoms with Gasteiger partial charge in [0.1, 0.15) is 0 Å². The Morgan fingerprint density at radius 1 is 1.45 bits per heavy atom. The predicted octanol–water partition coefficient (Wildman–Crippen LogP) is 1.83. The second kappa shape index (κ2) is 6.59. The standard InChI is InChI=1S/C14H23ClN4O/c1-4-11-13(15)12(19(5-2)17-11)9-18-8-6-7-16-10(3)14(18)20/h10,16H,4-9H2,1-3H3. The summed E-state index contributed by atoms with van der Waals surface area (Å²) in [5.74, 6) is 0.139. The van der Waals surface area contributed by atoms with Crippen molar-refractivity contribution in [1.82, 2.24) is 20.0 Å². The SMILES string of the molecule is CCc1nn(CC)c(CN2CCCNC(C)C2=O)c1Cl. The lowest BCUT2D eigenvalue weighted by molar-refractivity contribution is -0.132. The number of carbonyl (C=O) groups excluding carboxylic acids is 1. The third-order valence-electron chi connectivity index (χ3n) is 3.77. The van der Waals surface area contributed by atoms with E-state index in [0.717, 1.165) is 43.9 Å². The summed E-state index contributed by atoms with van der Waals surface area (Å²) in [6.07, 6.45) is 1.78. The molecule has 1 aromatic rings. The van der Waals surface area contributed by atoms with Crippen LogP contribution in [-0.4, -0.2) is 39.7 Å². The van der Waals surface area contributed by atoms with Gasteiger partial charge in [0.25, 0.3) is 0 Å². The molecule has 0 aromatic carbocycles. The van der Waals surface area contributed by atoms with E-state index >= 15 is 0 Å². The fraction of sp³-hybridized carbons (Fsp3) is 0.714. The molecular weight excluding hydrogens is 276 g/mol. The number of nitrogens with zero attached hydrogens (tertiary/aromatic N) is 3. The molecule has 20 heavy (non-hydrogen) atoms. The lowest BCUT2D eigenvalue weighted by Gasteiger charge is -2.23. The molecule has 1 amide bonds. The van der Waals surface area contributed by atoms with Crippen LogP contribution < -0.4 is 5.32 Å². The van der Waals surface area contributed by atoms with Gasteiger partial charge in [0.2, 0.25) is 5.91 Å². The lowest BCUT2D eigenvalue weighted by atomic mass is 10.2. The summed E-state index contributed by atoms with van der Waals surface area (Å²) in [7, 11) is 0. The first-order chi connectivity index (χ1) is 9.58. The largest absolute Gasteiger partial charge is 0.335 e. The van der Waals surface area contributed by atoms with Crippen molar-refractivity contribution >= 4 is 17.5 Å². The van der Waals surface area contributed by atoms with Crippen molar-refractivity contribution in [3.63, 3.8) is 0 Å². The molecule has 112 valence electrons. The zero-order valence-electron chi connectivity index (χ0n) is 12.4. The maximum Gasteiger partial charge on any atom is 0.239 e. The van der Waals surface area contributed by atoms with Crippen LogP contribution in [0, 0.1) is 0 Å². The van der Waals surface area contributed by atoms with Gasteiger partial charge < -0.3 is 10.2 Å². The van der Waals surface area contributed by atoms with Crippen LogP contribution in [-0.2, 0) is 24.3 Å². The van der Waals surface area contributed by atoms with E-state index in [1.807, 2.05) is 30.4 Å². The fourth-order valence-electron chi connectivity index (χ4n) is 2.57. The quantitative estimate of drug-likeness (QED) is 0.922. The normalized spacial score (nSPS) is 20.3. The summed E-state index contributed by atoms with van der Waals surface area (Å²) in [5.41, 5.74) is 1.87. The zero-order chi connectivity index (χ0) is 14.7. The van der Waals surface area contributed by atoms with Gasteiger partial charge in [-0.05, 0) is 33.2 Å². The number of amides is 1. The maximum atomic E-state index is 12.3. The van der Waals surface area contributed by atoms with Crippen molar-refractivity contribution in [1.29, 1.82) is 0 Å². The molecule has 2 heterocycles. The van der Waals surface area contributed by atoms with E-state index in [9.17, 15) is 4.79 Å². The molecule has 6 heteroatoms. The van der Waals surface area contributed by atoms with Crippen molar-refractivity contribution in [3.8, 4) is 0 Å². The molecule has 5 nitrogen and oxygen atoms in total. The Morgan fingerprint density at radius 2 is 2.20 bits per heavy atom. The highest BCUT2D eigenvalue weighted by atomic mass is 35.5. The molecule has 1 unspecified atom stereocenters. The molecule has 0 spiro atoms. The second-order valence-electron chi connectivity index (χ2n) is 5.17. The van der Waals surface area contributed by atoms with Crippen LogP contribution in [0.1, 0.15) is 38.6 Å². The van der Waals surface area contributed by atoms with Crippen LogP contribution in [0.25, 0.3) is 0 Å². The minimum Gasteiger partial charge on any atom is -0.335 e. The molecule has 0 aliphatic carbocycles. The Kier molecular flexibility index (Phi) is 5.05. The molecule has 0 saturated carbocycles. The van der Waals surface area contributed by atoms with E-state index in [1.165, 1.54) is 0 Å². The Bertz CT molecular complexity index is 486. The van der Waals surface area contributed by atoms with Crippen LogP contribution in [0.4, 0.5) is 0 Å². The van der Waals surface area contributed by atoms with E-state index < -0.39 is 0 Å². The molecule has 1 aromatic heterocycles. The van der Waals surface area contributed by atoms with Crippen molar-refractivity contribution in [2.24, 2.45) is 0 Å². The molecule has 2 rings (SSSR count). The molecular formula is C14H23ClN4O. The van der Waals surface area contributed by atoms with Crippen LogP contribution in [0.15, 0.2) is 0 Å². The smallest absolute Gasteiger partial charge is 0.239 e. The molecule has 1 saturated heterocycles. The number of aromatic nitrogens is 2. The summed E-state index contributed by atoms with van der Waals surface area (Å²) in [6, 6.07) is -0.125. The molecule has 1 N–H and O–H groups in total. The minimum absolute atomic E-state index is 0.125. The van der Waals surface area contributed by atoms with E-state index in [0.29, 0.717) is 11.6 Å². The highest BCUT2D eigenvalue weighted by molar-refractivity contribution is 6.31. The van der Waals surface area contributed by atoms with Gasteiger partial charge in [0, 0.05) is 13.1 Å². The van der Waals surface area contributed by atoms with Gasteiger partial charge in [-0.15, -0.1) is 0 Å². The first-order valence-electron chi connectivity index (χ1n) is 7.34. The van der Waals surface area contributed by atoms with Crippen molar-refractivity contribution in [3.05, 3.63) is 16.4 Å². The van der Waals surface area contributed by atoms with Crippen LogP contribution in [0.5, 0.6) is 0 Å². The highest BCUT2D eigenvalue weighted by Gasteiger charge is 2.25. The fourth-order valence-corrected chi connectivity index (χ4v) is 2.89. The summed E-state index contributed by atoms with van der Waals surface area (Å²) < 4.78 is 1.91. The number of aryl methyl sites for hydroxylation is 2. The van der Waals surface area contributed by atoms with Crippen LogP contribution in [0.2, 0.25) is 5.02 Å². The van der Waals surface area contributed by atoms with E-state index in [1.54, 1.807) is 0 Å². The van der Waals surface area contributed by atoms with Gasteiger partial charge in [-0.3, -0.25) is 9.48 Å². The maximum absolute atomic E-state index is 12.3. The molecule has 0 radical (unpaired) electrons. The summed E-state index contributed by atoms with van der Waals surface area (Å²) in [4.78, 5) is 14.2. The van der Waals surface area contributed by atoms with Crippen molar-refractivity contribution < 1.29 is 4.79 Å². The predicted molar refractivity (Wildman–Crippen MR) is 79.8 cm³/mol. The molecule has 0 bridgehead atoms. The van der Waals surface area contributed by atoms with Gasteiger partial charge in [0.05, 0.1) is 29.0 Å². The molecule has 1 aliphatic rings. The average molecular weight is 299 g/mol. The van der Waals surface area contributed by atoms with Gasteiger partial charge >= 0.3 is 0 Å². The van der Waals surface area contributed by atoms with Gasteiger partial charge in [-0.1, -0.05) is 18.5 Å². The first kappa shape index (κ1) is 15.3. The van der Waals surface area contributed by atoms with Crippen molar-refractivity contribution in [2.45, 2.75) is 52.7 Å². The number of rotatable bonds is 4. The first-order valence-corrected chi connectivity index (χ1v) is 7.72. The summed E-state index contributed by atoms with van der Waals surface area (Å²) >= 11 is 6.42. The lowest BCUT2D eigenvalue weighted by Crippen LogP contribution is -2.41. The van der Waals surface area contributed by atoms with Gasteiger partial charge in [-0.2, -0.15) is 5.10 Å². The number of halogens is 1. The Balaban J connectivity index is 2.24. The Labute approximate surface area is 125 Å². The van der Waals surface area contributed by atoms with Gasteiger partial charge in [-0.25, -0.2) is 0 Å². The summed E-state index contributed by atoms with van der Waals surface area (Å²) in [5, 5.41) is 8.45. The number of nitrogens with one attached hydrogen (secondary N) is 1. The third kappa shape index (κ3) is 2.99. The second-order valence-corrected chi connectivity index (χ2v) is 5.54. The summed E-state index contributed by atoms with van der Waals surface area (Å²) in [6.45, 7) is 8.96. The molecule has 1 fully saturated rings. The monoisotopic (exact) mass is 298 g/mol. The third-order valence-corrected chi connectivity index (χ3v) is 4.21. The van der Waals surface area contributed by atoms with Crippen molar-refractivity contribution in [2.75, 3.05) is 13.1 Å². The molecule has 1 aliphatic heterocycles. The minimum atomic E-state index is -0.125. The van der Waals surface area contributed by atoms with Crippen LogP contribution >= 0.6 is 11.6 Å². The Hall–Kier alpha value is -1.07. The van der Waals surface area contributed by atoms with E-state index in [2.05, 4.69) is 10.4 Å².